The number of hydrogen-bond donors (Lipinski definition) is 1. The monoisotopic (exact) mass is 259 g/mol. The molecule has 0 atom stereocenters. The summed E-state index contributed by atoms with van der Waals surface area (Å²) in [4.78, 5) is 11.6. The minimum absolute atomic E-state index is 0.370. The van der Waals surface area contributed by atoms with Gasteiger partial charge in [-0.1, -0.05) is 17.7 Å². The molecule has 1 N–H and O–H groups in total. The summed E-state index contributed by atoms with van der Waals surface area (Å²) in [6, 6.07) is 9.14. The molecule has 4 nitrogen and oxygen atoms in total. The highest BCUT2D eigenvalue weighted by molar-refractivity contribution is 6.30. The van der Waals surface area contributed by atoms with Crippen molar-refractivity contribution in [2.45, 2.75) is 6.61 Å². The number of fused-ring (bicyclic) bond motifs is 1. The van der Waals surface area contributed by atoms with Crippen molar-refractivity contribution in [1.82, 2.24) is 15.0 Å². The number of nitrogens with zero attached hydrogens (tertiary/aromatic N) is 2. The van der Waals surface area contributed by atoms with Crippen molar-refractivity contribution >= 4 is 22.6 Å². The average molecular weight is 260 g/mol. The van der Waals surface area contributed by atoms with Crippen molar-refractivity contribution < 1.29 is 4.74 Å². The number of rotatable bonds is 3. The van der Waals surface area contributed by atoms with E-state index >= 15 is 0 Å². The SMILES string of the molecule is Clc1cccc(OCc2nc3ccncc3[nH]2)c1. The van der Waals surface area contributed by atoms with E-state index in [1.54, 1.807) is 24.5 Å². The minimum atomic E-state index is 0.370. The lowest BCUT2D eigenvalue weighted by atomic mass is 10.3. The van der Waals surface area contributed by atoms with Crippen molar-refractivity contribution in [3.63, 3.8) is 0 Å². The molecule has 0 saturated carbocycles. The molecule has 2 aromatic heterocycles. The zero-order chi connectivity index (χ0) is 12.4. The first kappa shape index (κ1) is 11.0. The fourth-order valence-corrected chi connectivity index (χ4v) is 1.87. The Labute approximate surface area is 109 Å². The molecule has 0 spiro atoms. The Morgan fingerprint density at radius 1 is 1.28 bits per heavy atom. The van der Waals surface area contributed by atoms with Crippen molar-refractivity contribution in [1.29, 1.82) is 0 Å². The fourth-order valence-electron chi connectivity index (χ4n) is 1.69. The molecule has 1 aromatic carbocycles. The van der Waals surface area contributed by atoms with Crippen LogP contribution in [0.3, 0.4) is 0 Å². The highest BCUT2D eigenvalue weighted by Crippen LogP contribution is 2.18. The third kappa shape index (κ3) is 2.28. The number of aromatic amines is 1. The summed E-state index contributed by atoms with van der Waals surface area (Å²) in [7, 11) is 0. The van der Waals surface area contributed by atoms with Gasteiger partial charge >= 0.3 is 0 Å². The van der Waals surface area contributed by atoms with Gasteiger partial charge < -0.3 is 9.72 Å². The number of imidazole rings is 1. The van der Waals surface area contributed by atoms with Gasteiger partial charge in [-0.25, -0.2) is 4.98 Å². The second kappa shape index (κ2) is 4.66. The fraction of sp³-hybridized carbons (Fsp3) is 0.0769. The molecule has 5 heteroatoms. The number of halogens is 1. The number of pyridine rings is 1. The summed E-state index contributed by atoms with van der Waals surface area (Å²) in [5, 5.41) is 0.654. The Bertz CT molecular complexity index is 648. The van der Waals surface area contributed by atoms with Gasteiger partial charge in [-0.05, 0) is 24.3 Å². The van der Waals surface area contributed by atoms with Gasteiger partial charge in [0.15, 0.2) is 0 Å². The molecular weight excluding hydrogens is 250 g/mol. The lowest BCUT2D eigenvalue weighted by molar-refractivity contribution is 0.297. The standard InChI is InChI=1S/C13H10ClN3O/c14-9-2-1-3-10(6-9)18-8-13-16-11-4-5-15-7-12(11)17-13/h1-7H,8H2,(H,16,17). The van der Waals surface area contributed by atoms with Gasteiger partial charge in [0.25, 0.3) is 0 Å². The van der Waals surface area contributed by atoms with E-state index in [0.29, 0.717) is 11.6 Å². The molecule has 18 heavy (non-hydrogen) atoms. The van der Waals surface area contributed by atoms with Crippen LogP contribution in [0, 0.1) is 0 Å². The maximum atomic E-state index is 5.88. The van der Waals surface area contributed by atoms with Crippen molar-refractivity contribution in [2.24, 2.45) is 0 Å². The van der Waals surface area contributed by atoms with Gasteiger partial charge in [0.2, 0.25) is 0 Å². The van der Waals surface area contributed by atoms with E-state index in [0.717, 1.165) is 22.6 Å². The molecule has 0 aliphatic heterocycles. The molecule has 3 rings (SSSR count). The second-order valence-corrected chi connectivity index (χ2v) is 4.26. The summed E-state index contributed by atoms with van der Waals surface area (Å²) in [6.07, 6.45) is 3.45. The molecule has 0 unspecified atom stereocenters. The highest BCUT2D eigenvalue weighted by Gasteiger charge is 2.03. The van der Waals surface area contributed by atoms with Gasteiger partial charge in [-0.2, -0.15) is 0 Å². The Morgan fingerprint density at radius 3 is 3.06 bits per heavy atom. The maximum absolute atomic E-state index is 5.88. The molecule has 0 fully saturated rings. The van der Waals surface area contributed by atoms with Gasteiger partial charge in [0, 0.05) is 11.2 Å². The maximum Gasteiger partial charge on any atom is 0.146 e. The van der Waals surface area contributed by atoms with Gasteiger partial charge in [0.05, 0.1) is 17.2 Å². The number of aromatic nitrogens is 3. The first-order chi connectivity index (χ1) is 8.81. The predicted molar refractivity (Wildman–Crippen MR) is 69.7 cm³/mol. The topological polar surface area (TPSA) is 50.8 Å². The number of hydrogen-bond acceptors (Lipinski definition) is 3. The third-order valence-electron chi connectivity index (χ3n) is 2.50. The van der Waals surface area contributed by atoms with Crippen molar-refractivity contribution in [2.75, 3.05) is 0 Å². The summed E-state index contributed by atoms with van der Waals surface area (Å²) >= 11 is 5.88. The van der Waals surface area contributed by atoms with Crippen LogP contribution < -0.4 is 4.74 Å². The molecule has 0 amide bonds. The van der Waals surface area contributed by atoms with Crippen LogP contribution in [0.4, 0.5) is 0 Å². The van der Waals surface area contributed by atoms with E-state index < -0.39 is 0 Å². The molecule has 3 aromatic rings. The smallest absolute Gasteiger partial charge is 0.146 e. The molecular formula is C13H10ClN3O. The van der Waals surface area contributed by atoms with Crippen LogP contribution in [0.2, 0.25) is 5.02 Å². The quantitative estimate of drug-likeness (QED) is 0.786. The van der Waals surface area contributed by atoms with E-state index in [-0.39, 0.29) is 0 Å². The number of nitrogens with one attached hydrogen (secondary N) is 1. The number of benzene rings is 1. The van der Waals surface area contributed by atoms with E-state index in [4.69, 9.17) is 16.3 Å². The first-order valence-corrected chi connectivity index (χ1v) is 5.86. The minimum Gasteiger partial charge on any atom is -0.486 e. The molecule has 0 bridgehead atoms. The zero-order valence-electron chi connectivity index (χ0n) is 9.43. The van der Waals surface area contributed by atoms with Crippen LogP contribution in [0.25, 0.3) is 11.0 Å². The highest BCUT2D eigenvalue weighted by atomic mass is 35.5. The molecule has 0 radical (unpaired) electrons. The lowest BCUT2D eigenvalue weighted by Gasteiger charge is -2.03. The summed E-state index contributed by atoms with van der Waals surface area (Å²) in [6.45, 7) is 0.370. The Kier molecular flexibility index (Phi) is 2.86. The van der Waals surface area contributed by atoms with Gasteiger partial charge in [-0.15, -0.1) is 0 Å². The van der Waals surface area contributed by atoms with Crippen LogP contribution >= 0.6 is 11.6 Å². The molecule has 0 aliphatic rings. The van der Waals surface area contributed by atoms with Crippen molar-refractivity contribution in [3.8, 4) is 5.75 Å². The summed E-state index contributed by atoms with van der Waals surface area (Å²) < 4.78 is 5.60. The van der Waals surface area contributed by atoms with Crippen molar-refractivity contribution in [3.05, 3.63) is 53.6 Å². The van der Waals surface area contributed by atoms with E-state index in [9.17, 15) is 0 Å². The first-order valence-electron chi connectivity index (χ1n) is 5.48. The summed E-state index contributed by atoms with van der Waals surface area (Å²) in [5.41, 5.74) is 1.79. The normalized spacial score (nSPS) is 10.7. The number of ether oxygens (including phenoxy) is 1. The molecule has 0 saturated heterocycles. The van der Waals surface area contributed by atoms with Crippen LogP contribution in [0.15, 0.2) is 42.7 Å². The van der Waals surface area contributed by atoms with Crippen LogP contribution in [-0.4, -0.2) is 15.0 Å². The van der Waals surface area contributed by atoms with Crippen LogP contribution in [-0.2, 0) is 6.61 Å². The van der Waals surface area contributed by atoms with Gasteiger partial charge in [-0.3, -0.25) is 4.98 Å². The second-order valence-electron chi connectivity index (χ2n) is 3.82. The van der Waals surface area contributed by atoms with Crippen LogP contribution in [0.5, 0.6) is 5.75 Å². The van der Waals surface area contributed by atoms with Gasteiger partial charge in [0.1, 0.15) is 18.2 Å². The molecule has 2 heterocycles. The number of H-pyrrole nitrogens is 1. The Balaban J connectivity index is 1.76. The van der Waals surface area contributed by atoms with E-state index in [2.05, 4.69) is 15.0 Å². The summed E-state index contributed by atoms with van der Waals surface area (Å²) in [5.74, 6) is 1.49. The average Bonchev–Trinajstić information content (AvgIpc) is 2.79. The lowest BCUT2D eigenvalue weighted by Crippen LogP contribution is -1.97. The Hall–Kier alpha value is -2.07. The predicted octanol–water partition coefficient (Wildman–Crippen LogP) is 3.19. The largest absolute Gasteiger partial charge is 0.486 e. The van der Waals surface area contributed by atoms with E-state index in [1.807, 2.05) is 18.2 Å². The molecule has 90 valence electrons. The third-order valence-corrected chi connectivity index (χ3v) is 2.74. The molecule has 0 aliphatic carbocycles. The van der Waals surface area contributed by atoms with Crippen LogP contribution in [0.1, 0.15) is 5.82 Å². The zero-order valence-corrected chi connectivity index (χ0v) is 10.2. The Morgan fingerprint density at radius 2 is 2.22 bits per heavy atom. The van der Waals surface area contributed by atoms with E-state index in [1.165, 1.54) is 0 Å².